The van der Waals surface area contributed by atoms with Crippen molar-refractivity contribution in [2.45, 2.75) is 69.9 Å². The summed E-state index contributed by atoms with van der Waals surface area (Å²) >= 11 is 0. The summed E-state index contributed by atoms with van der Waals surface area (Å²) in [5, 5.41) is 2.83. The molecule has 31 heavy (non-hydrogen) atoms. The Balaban J connectivity index is 4.92. The normalized spacial score (nSPS) is 12.8. The summed E-state index contributed by atoms with van der Waals surface area (Å²) in [5.41, 5.74) is 27.6. The van der Waals surface area contributed by atoms with Crippen LogP contribution in [0, 0.1) is 0 Å². The van der Waals surface area contributed by atoms with E-state index < -0.39 is 18.2 Å². The van der Waals surface area contributed by atoms with Gasteiger partial charge in [0.15, 0.2) is 0 Å². The van der Waals surface area contributed by atoms with Gasteiger partial charge < -0.3 is 43.6 Å². The van der Waals surface area contributed by atoms with E-state index in [9.17, 15) is 14.4 Å². The van der Waals surface area contributed by atoms with E-state index in [-0.39, 0.29) is 25.0 Å². The largest absolute Gasteiger partial charge is 0.448 e. The third-order valence-electron chi connectivity index (χ3n) is 4.86. The molecule has 0 aromatic heterocycles. The molecule has 2 atom stereocenters. The van der Waals surface area contributed by atoms with Gasteiger partial charge in [-0.05, 0) is 58.2 Å². The molecule has 0 saturated carbocycles. The fourth-order valence-electron chi connectivity index (χ4n) is 3.12. The number of unbranched alkanes of at least 4 members (excludes halogenated alkanes) is 4. The van der Waals surface area contributed by atoms with Crippen molar-refractivity contribution >= 4 is 17.9 Å². The molecule has 0 bridgehead atoms. The minimum absolute atomic E-state index is 0.0330. The first-order valence-electron chi connectivity index (χ1n) is 11.2. The van der Waals surface area contributed by atoms with Gasteiger partial charge in [0.05, 0.1) is 18.6 Å². The van der Waals surface area contributed by atoms with Gasteiger partial charge in [-0.25, -0.2) is 4.79 Å². The molecule has 0 heterocycles. The van der Waals surface area contributed by atoms with E-state index in [1.165, 1.54) is 4.90 Å². The maximum atomic E-state index is 12.8. The smallest absolute Gasteiger partial charge is 0.404 e. The van der Waals surface area contributed by atoms with Crippen molar-refractivity contribution < 1.29 is 19.1 Å². The summed E-state index contributed by atoms with van der Waals surface area (Å²) in [6, 6.07) is -1.08. The first kappa shape index (κ1) is 29.1. The van der Waals surface area contributed by atoms with Crippen LogP contribution in [0.1, 0.15) is 57.8 Å². The second-order valence-corrected chi connectivity index (χ2v) is 7.68. The van der Waals surface area contributed by atoms with Crippen molar-refractivity contribution in [1.82, 2.24) is 10.2 Å². The summed E-state index contributed by atoms with van der Waals surface area (Å²) in [6.07, 6.45) is 5.73. The number of nitrogens with two attached hydrogens (primary N) is 5. The van der Waals surface area contributed by atoms with E-state index in [0.717, 1.165) is 44.9 Å². The zero-order valence-corrected chi connectivity index (χ0v) is 18.7. The maximum absolute atomic E-state index is 12.8. The minimum Gasteiger partial charge on any atom is -0.448 e. The lowest BCUT2D eigenvalue weighted by Crippen LogP contribution is -2.50. The van der Waals surface area contributed by atoms with Gasteiger partial charge in [0, 0.05) is 6.54 Å². The molecule has 0 aromatic rings. The molecule has 0 radical (unpaired) electrons. The van der Waals surface area contributed by atoms with E-state index in [0.29, 0.717) is 39.0 Å². The van der Waals surface area contributed by atoms with Crippen LogP contribution in [0.15, 0.2) is 0 Å². The number of carbonyl (C=O) groups is 3. The molecule has 0 fully saturated rings. The molecule has 11 N–H and O–H groups in total. The summed E-state index contributed by atoms with van der Waals surface area (Å²) in [7, 11) is 0. The van der Waals surface area contributed by atoms with Gasteiger partial charge in [-0.15, -0.1) is 0 Å². The van der Waals surface area contributed by atoms with Crippen LogP contribution in [0.4, 0.5) is 4.79 Å². The van der Waals surface area contributed by atoms with Gasteiger partial charge in [-0.2, -0.15) is 0 Å². The Kier molecular flexibility index (Phi) is 17.6. The van der Waals surface area contributed by atoms with Gasteiger partial charge in [0.1, 0.15) is 6.61 Å². The van der Waals surface area contributed by atoms with Crippen molar-refractivity contribution in [2.24, 2.45) is 28.7 Å². The Morgan fingerprint density at radius 2 is 1.42 bits per heavy atom. The highest BCUT2D eigenvalue weighted by Gasteiger charge is 2.24. The zero-order valence-electron chi connectivity index (χ0n) is 18.7. The molecule has 0 aliphatic heterocycles. The Labute approximate surface area is 185 Å². The van der Waals surface area contributed by atoms with Crippen molar-refractivity contribution in [2.75, 3.05) is 39.3 Å². The fourth-order valence-corrected chi connectivity index (χ4v) is 3.12. The van der Waals surface area contributed by atoms with E-state index in [1.807, 2.05) is 0 Å². The van der Waals surface area contributed by atoms with Gasteiger partial charge in [-0.3, -0.25) is 9.59 Å². The molecule has 0 rings (SSSR count). The predicted octanol–water partition coefficient (Wildman–Crippen LogP) is -0.891. The summed E-state index contributed by atoms with van der Waals surface area (Å²) in [4.78, 5) is 37.9. The number of rotatable bonds is 19. The van der Waals surface area contributed by atoms with E-state index >= 15 is 0 Å². The lowest BCUT2D eigenvalue weighted by Gasteiger charge is -2.27. The van der Waals surface area contributed by atoms with Crippen LogP contribution in [-0.2, 0) is 14.3 Å². The molecular formula is C20H43N7O4. The van der Waals surface area contributed by atoms with Crippen molar-refractivity contribution in [3.63, 3.8) is 0 Å². The quantitative estimate of drug-likeness (QED) is 0.137. The lowest BCUT2D eigenvalue weighted by molar-refractivity contribution is -0.137. The van der Waals surface area contributed by atoms with E-state index in [4.69, 9.17) is 33.4 Å². The summed E-state index contributed by atoms with van der Waals surface area (Å²) in [5.74, 6) is -0.597. The summed E-state index contributed by atoms with van der Waals surface area (Å²) < 4.78 is 4.84. The van der Waals surface area contributed by atoms with Crippen LogP contribution in [-0.4, -0.2) is 74.2 Å². The Hall–Kier alpha value is -1.95. The van der Waals surface area contributed by atoms with Crippen LogP contribution < -0.4 is 34.0 Å². The molecule has 11 nitrogen and oxygen atoms in total. The maximum Gasteiger partial charge on any atom is 0.404 e. The highest BCUT2D eigenvalue weighted by Crippen LogP contribution is 2.07. The number of nitrogens with zero attached hydrogens (tertiary/aromatic N) is 1. The molecule has 0 spiro atoms. The van der Waals surface area contributed by atoms with Gasteiger partial charge >= 0.3 is 6.09 Å². The van der Waals surface area contributed by atoms with Gasteiger partial charge in [0.25, 0.3) is 0 Å². The average Bonchev–Trinajstić information content (AvgIpc) is 2.73. The van der Waals surface area contributed by atoms with Crippen molar-refractivity contribution in [3.05, 3.63) is 0 Å². The van der Waals surface area contributed by atoms with Crippen LogP contribution >= 0.6 is 0 Å². The SMILES string of the molecule is NCCCCCN(CC(=O)N[C@H](CCCCN)COC(N)=O)C(=O)[C@@H](N)CCCCN. The molecule has 3 amide bonds. The zero-order chi connectivity index (χ0) is 23.5. The summed E-state index contributed by atoms with van der Waals surface area (Å²) in [6.45, 7) is 1.93. The van der Waals surface area contributed by atoms with Crippen LogP contribution in [0.5, 0.6) is 0 Å². The Morgan fingerprint density at radius 1 is 0.839 bits per heavy atom. The third-order valence-corrected chi connectivity index (χ3v) is 4.86. The topological polar surface area (TPSA) is 206 Å². The van der Waals surface area contributed by atoms with Gasteiger partial charge in [0.2, 0.25) is 11.8 Å². The van der Waals surface area contributed by atoms with E-state index in [1.54, 1.807) is 0 Å². The molecular weight excluding hydrogens is 402 g/mol. The average molecular weight is 446 g/mol. The first-order valence-corrected chi connectivity index (χ1v) is 11.2. The van der Waals surface area contributed by atoms with Crippen molar-refractivity contribution in [3.8, 4) is 0 Å². The predicted molar refractivity (Wildman–Crippen MR) is 121 cm³/mol. The molecule has 11 heteroatoms. The highest BCUT2D eigenvalue weighted by atomic mass is 16.5. The molecule has 0 aliphatic rings. The fraction of sp³-hybridized carbons (Fsp3) is 0.850. The molecule has 0 saturated heterocycles. The second-order valence-electron chi connectivity index (χ2n) is 7.68. The number of carbonyl (C=O) groups excluding carboxylic acids is 3. The Bertz CT molecular complexity index is 508. The standard InChI is InChI=1S/C20H43N7O4/c21-10-4-1-7-13-27(19(29)17(24)9-3-6-12-23)14-18(28)26-16(8-2-5-11-22)15-31-20(25)30/h16-17H,1-15,21-24H2,(H2,25,30)(H,26,28)/t16-,17+/m1/s1. The van der Waals surface area contributed by atoms with Crippen LogP contribution in [0.3, 0.4) is 0 Å². The Morgan fingerprint density at radius 3 is 2.00 bits per heavy atom. The molecule has 0 unspecified atom stereocenters. The number of hydrogen-bond acceptors (Lipinski definition) is 8. The van der Waals surface area contributed by atoms with Gasteiger partial charge in [-0.1, -0.05) is 19.3 Å². The minimum atomic E-state index is -0.904. The number of primary amides is 1. The number of nitrogens with one attached hydrogen (secondary N) is 1. The monoisotopic (exact) mass is 445 g/mol. The number of hydrogen-bond donors (Lipinski definition) is 6. The lowest BCUT2D eigenvalue weighted by atomic mass is 10.1. The van der Waals surface area contributed by atoms with Crippen molar-refractivity contribution in [1.29, 1.82) is 0 Å². The highest BCUT2D eigenvalue weighted by molar-refractivity contribution is 5.87. The van der Waals surface area contributed by atoms with Crippen LogP contribution in [0.25, 0.3) is 0 Å². The first-order chi connectivity index (χ1) is 14.8. The molecule has 182 valence electrons. The van der Waals surface area contributed by atoms with E-state index in [2.05, 4.69) is 5.32 Å². The second kappa shape index (κ2) is 18.8. The van der Waals surface area contributed by atoms with Crippen LogP contribution in [0.2, 0.25) is 0 Å². The molecule has 0 aromatic carbocycles. The number of ether oxygens (including phenoxy) is 1. The number of amides is 3. The molecule has 0 aliphatic carbocycles. The third kappa shape index (κ3) is 15.5.